The summed E-state index contributed by atoms with van der Waals surface area (Å²) in [7, 11) is 0. The van der Waals surface area contributed by atoms with Crippen molar-refractivity contribution in [1.82, 2.24) is 10.3 Å². The van der Waals surface area contributed by atoms with E-state index in [1.54, 1.807) is 0 Å². The molecule has 0 saturated heterocycles. The molecular formula is C19H22N2. The molecule has 0 aliphatic heterocycles. The Labute approximate surface area is 126 Å². The number of pyridine rings is 1. The summed E-state index contributed by atoms with van der Waals surface area (Å²) in [5.74, 6) is 0.781. The van der Waals surface area contributed by atoms with E-state index in [4.69, 9.17) is 0 Å². The lowest BCUT2D eigenvalue weighted by Gasteiger charge is -2.22. The minimum Gasteiger partial charge on any atom is -0.305 e. The normalized spacial score (nSPS) is 19.5. The Morgan fingerprint density at radius 3 is 2.43 bits per heavy atom. The van der Waals surface area contributed by atoms with Crippen LogP contribution in [0, 0.1) is 12.8 Å². The van der Waals surface area contributed by atoms with Gasteiger partial charge in [-0.1, -0.05) is 24.3 Å². The SMILES string of the molecule is Cc1ccnc([C@@H](NC2Cc3ccccc3C2)C2CC2)c1. The second-order valence-corrected chi connectivity index (χ2v) is 6.61. The van der Waals surface area contributed by atoms with Gasteiger partial charge in [0.1, 0.15) is 0 Å². The Morgan fingerprint density at radius 2 is 1.81 bits per heavy atom. The first-order valence-corrected chi connectivity index (χ1v) is 8.05. The first kappa shape index (κ1) is 13.0. The second-order valence-electron chi connectivity index (χ2n) is 6.61. The maximum Gasteiger partial charge on any atom is 0.0578 e. The molecule has 1 aromatic carbocycles. The van der Waals surface area contributed by atoms with Gasteiger partial charge >= 0.3 is 0 Å². The van der Waals surface area contributed by atoms with E-state index >= 15 is 0 Å². The van der Waals surface area contributed by atoms with E-state index in [1.165, 1.54) is 35.2 Å². The molecule has 1 saturated carbocycles. The number of fused-ring (bicyclic) bond motifs is 1. The van der Waals surface area contributed by atoms with E-state index in [9.17, 15) is 0 Å². The largest absolute Gasteiger partial charge is 0.305 e. The fraction of sp³-hybridized carbons (Fsp3) is 0.421. The molecule has 2 aliphatic carbocycles. The smallest absolute Gasteiger partial charge is 0.0578 e. The number of hydrogen-bond acceptors (Lipinski definition) is 2. The summed E-state index contributed by atoms with van der Waals surface area (Å²) >= 11 is 0. The molecule has 2 aromatic rings. The van der Waals surface area contributed by atoms with Crippen LogP contribution in [-0.2, 0) is 12.8 Å². The lowest BCUT2D eigenvalue weighted by molar-refractivity contribution is 0.403. The van der Waals surface area contributed by atoms with E-state index in [2.05, 4.69) is 53.6 Å². The molecule has 108 valence electrons. The van der Waals surface area contributed by atoms with Crippen molar-refractivity contribution in [2.24, 2.45) is 5.92 Å². The van der Waals surface area contributed by atoms with Gasteiger partial charge in [-0.05, 0) is 67.3 Å². The van der Waals surface area contributed by atoms with Gasteiger partial charge in [0.15, 0.2) is 0 Å². The van der Waals surface area contributed by atoms with Crippen molar-refractivity contribution in [2.75, 3.05) is 0 Å². The standard InChI is InChI=1S/C19H22N2/c1-13-8-9-20-18(10-13)19(14-6-7-14)21-17-11-15-4-2-3-5-16(15)12-17/h2-5,8-10,14,17,19,21H,6-7,11-12H2,1H3/t19-/m0/s1. The van der Waals surface area contributed by atoms with Crippen LogP contribution in [0.3, 0.4) is 0 Å². The number of nitrogens with one attached hydrogen (secondary N) is 1. The maximum atomic E-state index is 4.63. The van der Waals surface area contributed by atoms with Gasteiger partial charge in [0.05, 0.1) is 11.7 Å². The topological polar surface area (TPSA) is 24.9 Å². The highest BCUT2D eigenvalue weighted by molar-refractivity contribution is 5.33. The molecule has 0 amide bonds. The molecule has 2 heteroatoms. The van der Waals surface area contributed by atoms with E-state index in [-0.39, 0.29) is 0 Å². The summed E-state index contributed by atoms with van der Waals surface area (Å²) in [6.07, 6.45) is 6.95. The zero-order chi connectivity index (χ0) is 14.2. The predicted molar refractivity (Wildman–Crippen MR) is 85.2 cm³/mol. The lowest BCUT2D eigenvalue weighted by Crippen LogP contribution is -2.35. The molecule has 2 aliphatic rings. The number of aryl methyl sites for hydroxylation is 1. The zero-order valence-electron chi connectivity index (χ0n) is 12.5. The molecule has 2 nitrogen and oxygen atoms in total. The molecule has 0 radical (unpaired) electrons. The predicted octanol–water partition coefficient (Wildman–Crippen LogP) is 3.60. The fourth-order valence-corrected chi connectivity index (χ4v) is 3.55. The second kappa shape index (κ2) is 5.27. The van der Waals surface area contributed by atoms with Crippen molar-refractivity contribution in [3.8, 4) is 0 Å². The minimum absolute atomic E-state index is 0.434. The van der Waals surface area contributed by atoms with E-state index in [0.717, 1.165) is 18.8 Å². The van der Waals surface area contributed by atoms with Crippen LogP contribution in [0.1, 0.15) is 41.3 Å². The van der Waals surface area contributed by atoms with Gasteiger partial charge in [-0.15, -0.1) is 0 Å². The monoisotopic (exact) mass is 278 g/mol. The summed E-state index contributed by atoms with van der Waals surface area (Å²) < 4.78 is 0. The molecule has 1 heterocycles. The van der Waals surface area contributed by atoms with Crippen LogP contribution in [0.2, 0.25) is 0 Å². The first-order valence-electron chi connectivity index (χ1n) is 8.05. The van der Waals surface area contributed by atoms with Gasteiger partial charge < -0.3 is 5.32 Å². The van der Waals surface area contributed by atoms with Crippen molar-refractivity contribution < 1.29 is 0 Å². The number of benzene rings is 1. The van der Waals surface area contributed by atoms with Gasteiger partial charge in [-0.3, -0.25) is 4.98 Å². The third kappa shape index (κ3) is 2.73. The van der Waals surface area contributed by atoms with Gasteiger partial charge in [0.25, 0.3) is 0 Å². The quantitative estimate of drug-likeness (QED) is 0.924. The van der Waals surface area contributed by atoms with Crippen LogP contribution in [-0.4, -0.2) is 11.0 Å². The highest BCUT2D eigenvalue weighted by Crippen LogP contribution is 2.41. The summed E-state index contributed by atoms with van der Waals surface area (Å²) in [5.41, 5.74) is 5.57. The molecule has 0 unspecified atom stereocenters. The molecule has 1 aromatic heterocycles. The van der Waals surface area contributed by atoms with E-state index in [1.807, 2.05) is 6.20 Å². The maximum absolute atomic E-state index is 4.63. The average Bonchev–Trinajstić information content (AvgIpc) is 3.24. The summed E-state index contributed by atoms with van der Waals surface area (Å²) in [5, 5.41) is 3.91. The minimum atomic E-state index is 0.434. The Morgan fingerprint density at radius 1 is 1.10 bits per heavy atom. The highest BCUT2D eigenvalue weighted by atomic mass is 15.0. The van der Waals surface area contributed by atoms with Crippen LogP contribution >= 0.6 is 0 Å². The molecular weight excluding hydrogens is 256 g/mol. The van der Waals surface area contributed by atoms with Gasteiger partial charge in [-0.25, -0.2) is 0 Å². The van der Waals surface area contributed by atoms with Gasteiger partial charge in [0, 0.05) is 12.2 Å². The first-order chi connectivity index (χ1) is 10.3. The van der Waals surface area contributed by atoms with Crippen molar-refractivity contribution in [2.45, 2.75) is 44.7 Å². The van der Waals surface area contributed by atoms with E-state index < -0.39 is 0 Å². The summed E-state index contributed by atoms with van der Waals surface area (Å²) in [4.78, 5) is 4.63. The average molecular weight is 278 g/mol. The molecule has 1 N–H and O–H groups in total. The Bertz CT molecular complexity index is 621. The fourth-order valence-electron chi connectivity index (χ4n) is 3.55. The van der Waals surface area contributed by atoms with Crippen LogP contribution in [0.4, 0.5) is 0 Å². The highest BCUT2D eigenvalue weighted by Gasteiger charge is 2.35. The zero-order valence-corrected chi connectivity index (χ0v) is 12.5. The van der Waals surface area contributed by atoms with Crippen LogP contribution in [0.25, 0.3) is 0 Å². The summed E-state index contributed by atoms with van der Waals surface area (Å²) in [6.45, 7) is 2.15. The summed E-state index contributed by atoms with van der Waals surface area (Å²) in [6, 6.07) is 14.2. The molecule has 21 heavy (non-hydrogen) atoms. The number of rotatable bonds is 4. The molecule has 4 rings (SSSR count). The van der Waals surface area contributed by atoms with Crippen LogP contribution in [0.5, 0.6) is 0 Å². The third-order valence-electron chi connectivity index (χ3n) is 4.81. The van der Waals surface area contributed by atoms with Gasteiger partial charge in [-0.2, -0.15) is 0 Å². The van der Waals surface area contributed by atoms with Crippen molar-refractivity contribution in [1.29, 1.82) is 0 Å². The van der Waals surface area contributed by atoms with Crippen molar-refractivity contribution >= 4 is 0 Å². The van der Waals surface area contributed by atoms with E-state index in [0.29, 0.717) is 12.1 Å². The molecule has 0 spiro atoms. The van der Waals surface area contributed by atoms with Crippen LogP contribution < -0.4 is 5.32 Å². The van der Waals surface area contributed by atoms with Crippen molar-refractivity contribution in [3.05, 3.63) is 65.0 Å². The number of hydrogen-bond donors (Lipinski definition) is 1. The number of nitrogens with zero attached hydrogens (tertiary/aromatic N) is 1. The Balaban J connectivity index is 1.52. The molecule has 0 bridgehead atoms. The van der Waals surface area contributed by atoms with Crippen molar-refractivity contribution in [3.63, 3.8) is 0 Å². The third-order valence-corrected chi connectivity index (χ3v) is 4.81. The van der Waals surface area contributed by atoms with Gasteiger partial charge in [0.2, 0.25) is 0 Å². The van der Waals surface area contributed by atoms with Crippen LogP contribution in [0.15, 0.2) is 42.6 Å². The molecule has 1 fully saturated rings. The molecule has 1 atom stereocenters. The number of aromatic nitrogens is 1. The lowest BCUT2D eigenvalue weighted by atomic mass is 10.0. The Kier molecular flexibility index (Phi) is 3.27. The Hall–Kier alpha value is -1.67.